The quantitative estimate of drug-likeness (QED) is 0.591. The lowest BCUT2D eigenvalue weighted by molar-refractivity contribution is -0.385. The summed E-state index contributed by atoms with van der Waals surface area (Å²) < 4.78 is 10.9. The number of carbonyl (C=O) groups is 2. The number of anilines is 1. The predicted octanol–water partition coefficient (Wildman–Crippen LogP) is 2.78. The number of nitrogens with one attached hydrogen (secondary N) is 1. The summed E-state index contributed by atoms with van der Waals surface area (Å²) in [4.78, 5) is 37.2. The van der Waals surface area contributed by atoms with Crippen LogP contribution in [0.25, 0.3) is 0 Å². The molecular weight excluding hydrogens is 378 g/mol. The fraction of sp³-hybridized carbons (Fsp3) is 0.300. The molecule has 0 unspecified atom stereocenters. The lowest BCUT2D eigenvalue weighted by atomic mass is 10.1. The maximum absolute atomic E-state index is 12.8. The Morgan fingerprint density at radius 3 is 2.59 bits per heavy atom. The number of fused-ring (bicyclic) bond motifs is 1. The number of rotatable bonds is 6. The van der Waals surface area contributed by atoms with Gasteiger partial charge in [-0.25, -0.2) is 0 Å². The van der Waals surface area contributed by atoms with Gasteiger partial charge in [0.15, 0.2) is 11.5 Å². The van der Waals surface area contributed by atoms with Crippen LogP contribution >= 0.6 is 0 Å². The van der Waals surface area contributed by atoms with Crippen LogP contribution in [0.2, 0.25) is 0 Å². The average Bonchev–Trinajstić information content (AvgIpc) is 2.71. The van der Waals surface area contributed by atoms with Crippen LogP contribution in [-0.4, -0.2) is 47.9 Å². The molecule has 1 N–H and O–H groups in total. The summed E-state index contributed by atoms with van der Waals surface area (Å²) in [6.07, 6.45) is 0. The standard InChI is InChI=1S/C20H21N3O6/c1-3-22(20(25)15-5-4-6-16(13(15)2)23(26)27)12-19(24)21-14-7-8-17-18(11-14)29-10-9-28-17/h4-8,11H,3,9-10,12H2,1-2H3,(H,21,24). The predicted molar refractivity (Wildman–Crippen MR) is 105 cm³/mol. The van der Waals surface area contributed by atoms with E-state index < -0.39 is 10.8 Å². The van der Waals surface area contributed by atoms with Crippen molar-refractivity contribution in [2.45, 2.75) is 13.8 Å². The number of amides is 2. The number of likely N-dealkylation sites (N-methyl/N-ethyl adjacent to an activating group) is 1. The van der Waals surface area contributed by atoms with E-state index in [1.54, 1.807) is 25.1 Å². The maximum Gasteiger partial charge on any atom is 0.273 e. The smallest absolute Gasteiger partial charge is 0.273 e. The third-order valence-electron chi connectivity index (χ3n) is 4.56. The maximum atomic E-state index is 12.8. The number of carbonyl (C=O) groups excluding carboxylic acids is 2. The molecule has 0 saturated carbocycles. The van der Waals surface area contributed by atoms with Crippen LogP contribution < -0.4 is 14.8 Å². The van der Waals surface area contributed by atoms with Gasteiger partial charge in [-0.1, -0.05) is 6.07 Å². The Kier molecular flexibility index (Phi) is 5.96. The van der Waals surface area contributed by atoms with E-state index in [9.17, 15) is 19.7 Å². The van der Waals surface area contributed by atoms with Gasteiger partial charge in [0.2, 0.25) is 5.91 Å². The Morgan fingerprint density at radius 1 is 1.17 bits per heavy atom. The van der Waals surface area contributed by atoms with Gasteiger partial charge in [-0.15, -0.1) is 0 Å². The van der Waals surface area contributed by atoms with E-state index >= 15 is 0 Å². The minimum absolute atomic E-state index is 0.132. The van der Waals surface area contributed by atoms with E-state index in [0.717, 1.165) is 0 Å². The highest BCUT2D eigenvalue weighted by atomic mass is 16.6. The lowest BCUT2D eigenvalue weighted by Crippen LogP contribution is -2.38. The van der Waals surface area contributed by atoms with Crippen molar-refractivity contribution < 1.29 is 24.0 Å². The molecule has 0 saturated heterocycles. The van der Waals surface area contributed by atoms with Crippen LogP contribution in [0.5, 0.6) is 11.5 Å². The topological polar surface area (TPSA) is 111 Å². The van der Waals surface area contributed by atoms with E-state index in [0.29, 0.717) is 30.4 Å². The van der Waals surface area contributed by atoms with Crippen molar-refractivity contribution >= 4 is 23.2 Å². The largest absolute Gasteiger partial charge is 0.486 e. The monoisotopic (exact) mass is 399 g/mol. The van der Waals surface area contributed by atoms with Crippen LogP contribution in [0, 0.1) is 17.0 Å². The van der Waals surface area contributed by atoms with Crippen molar-refractivity contribution in [3.05, 3.63) is 57.6 Å². The van der Waals surface area contributed by atoms with Crippen molar-refractivity contribution in [2.75, 3.05) is 31.6 Å². The van der Waals surface area contributed by atoms with Crippen molar-refractivity contribution in [1.29, 1.82) is 0 Å². The number of hydrogen-bond donors (Lipinski definition) is 1. The van der Waals surface area contributed by atoms with Crippen LogP contribution in [-0.2, 0) is 4.79 Å². The van der Waals surface area contributed by atoms with Gasteiger partial charge in [-0.3, -0.25) is 19.7 Å². The second-order valence-corrected chi connectivity index (χ2v) is 6.43. The number of nitrogens with zero attached hydrogens (tertiary/aromatic N) is 2. The zero-order chi connectivity index (χ0) is 21.0. The SMILES string of the molecule is CCN(CC(=O)Nc1ccc2c(c1)OCCO2)C(=O)c1cccc([N+](=O)[O-])c1C. The Balaban J connectivity index is 1.71. The highest BCUT2D eigenvalue weighted by Gasteiger charge is 2.23. The molecule has 0 aliphatic carbocycles. The first kappa shape index (κ1) is 20.1. The summed E-state index contributed by atoms with van der Waals surface area (Å²) in [6.45, 7) is 4.26. The van der Waals surface area contributed by atoms with Crippen LogP contribution in [0.4, 0.5) is 11.4 Å². The molecule has 2 aromatic rings. The van der Waals surface area contributed by atoms with Crippen molar-refractivity contribution in [3.63, 3.8) is 0 Å². The van der Waals surface area contributed by atoms with Crippen LogP contribution in [0.15, 0.2) is 36.4 Å². The number of nitro groups is 1. The fourth-order valence-electron chi connectivity index (χ4n) is 3.05. The van der Waals surface area contributed by atoms with Crippen LogP contribution in [0.1, 0.15) is 22.8 Å². The average molecular weight is 399 g/mol. The first-order chi connectivity index (χ1) is 13.9. The van der Waals surface area contributed by atoms with E-state index in [1.807, 2.05) is 0 Å². The molecule has 0 fully saturated rings. The van der Waals surface area contributed by atoms with Crippen molar-refractivity contribution in [1.82, 2.24) is 4.90 Å². The van der Waals surface area contributed by atoms with Crippen molar-refractivity contribution in [3.8, 4) is 11.5 Å². The Labute approximate surface area is 167 Å². The van der Waals surface area contributed by atoms with E-state index in [2.05, 4.69) is 5.32 Å². The van der Waals surface area contributed by atoms with Gasteiger partial charge in [0, 0.05) is 35.5 Å². The molecule has 9 nitrogen and oxygen atoms in total. The van der Waals surface area contributed by atoms with Gasteiger partial charge in [0.1, 0.15) is 19.8 Å². The molecule has 0 radical (unpaired) electrons. The molecule has 0 atom stereocenters. The highest BCUT2D eigenvalue weighted by Crippen LogP contribution is 2.32. The zero-order valence-electron chi connectivity index (χ0n) is 16.1. The normalized spacial score (nSPS) is 12.2. The molecule has 3 rings (SSSR count). The molecule has 0 spiro atoms. The number of hydrogen-bond acceptors (Lipinski definition) is 6. The molecule has 2 aromatic carbocycles. The second-order valence-electron chi connectivity index (χ2n) is 6.43. The summed E-state index contributed by atoms with van der Waals surface area (Å²) >= 11 is 0. The number of nitro benzene ring substituents is 1. The van der Waals surface area contributed by atoms with Gasteiger partial charge in [0.05, 0.1) is 4.92 Å². The fourth-order valence-corrected chi connectivity index (χ4v) is 3.05. The zero-order valence-corrected chi connectivity index (χ0v) is 16.1. The van der Waals surface area contributed by atoms with Gasteiger partial charge < -0.3 is 19.7 Å². The molecule has 1 heterocycles. The van der Waals surface area contributed by atoms with Gasteiger partial charge in [-0.2, -0.15) is 0 Å². The molecule has 0 bridgehead atoms. The molecule has 1 aliphatic heterocycles. The summed E-state index contributed by atoms with van der Waals surface area (Å²) in [5, 5.41) is 13.8. The van der Waals surface area contributed by atoms with E-state index in [4.69, 9.17) is 9.47 Å². The Hall–Kier alpha value is -3.62. The first-order valence-corrected chi connectivity index (χ1v) is 9.13. The molecule has 2 amide bonds. The van der Waals surface area contributed by atoms with Crippen LogP contribution in [0.3, 0.4) is 0 Å². The molecule has 1 aliphatic rings. The summed E-state index contributed by atoms with van der Waals surface area (Å²) in [5.74, 6) is 0.330. The molecular formula is C20H21N3O6. The second kappa shape index (κ2) is 8.59. The van der Waals surface area contributed by atoms with E-state index in [1.165, 1.54) is 30.0 Å². The van der Waals surface area contributed by atoms with Gasteiger partial charge in [-0.05, 0) is 32.0 Å². The Bertz CT molecular complexity index is 959. The number of benzene rings is 2. The lowest BCUT2D eigenvalue weighted by Gasteiger charge is -2.22. The highest BCUT2D eigenvalue weighted by molar-refractivity contribution is 6.00. The Morgan fingerprint density at radius 2 is 1.90 bits per heavy atom. The summed E-state index contributed by atoms with van der Waals surface area (Å²) in [6, 6.07) is 9.38. The third kappa shape index (κ3) is 4.45. The molecule has 29 heavy (non-hydrogen) atoms. The minimum atomic E-state index is -0.531. The summed E-state index contributed by atoms with van der Waals surface area (Å²) in [7, 11) is 0. The minimum Gasteiger partial charge on any atom is -0.486 e. The number of ether oxygens (including phenoxy) is 2. The summed E-state index contributed by atoms with van der Waals surface area (Å²) in [5.41, 5.74) is 0.864. The van der Waals surface area contributed by atoms with Gasteiger partial charge in [0.25, 0.3) is 11.6 Å². The van der Waals surface area contributed by atoms with Crippen molar-refractivity contribution in [2.24, 2.45) is 0 Å². The van der Waals surface area contributed by atoms with E-state index in [-0.39, 0.29) is 35.8 Å². The first-order valence-electron chi connectivity index (χ1n) is 9.13. The van der Waals surface area contributed by atoms with Gasteiger partial charge >= 0.3 is 0 Å². The molecule has 9 heteroatoms. The molecule has 152 valence electrons. The third-order valence-corrected chi connectivity index (χ3v) is 4.56. The molecule has 0 aromatic heterocycles.